The van der Waals surface area contributed by atoms with Crippen molar-refractivity contribution < 1.29 is 5.11 Å². The Balaban J connectivity index is 0.000000606. The molecule has 1 aromatic rings. The third-order valence-corrected chi connectivity index (χ3v) is 2.85. The van der Waals surface area contributed by atoms with Gasteiger partial charge in [-0.2, -0.15) is 0 Å². The molecule has 0 aromatic heterocycles. The van der Waals surface area contributed by atoms with Crippen molar-refractivity contribution >= 4 is 5.69 Å². The van der Waals surface area contributed by atoms with Gasteiger partial charge in [-0.05, 0) is 38.3 Å². The molecule has 0 saturated heterocycles. The van der Waals surface area contributed by atoms with Gasteiger partial charge in [0.15, 0.2) is 0 Å². The number of benzene rings is 1. The van der Waals surface area contributed by atoms with Crippen molar-refractivity contribution in [1.82, 2.24) is 0 Å². The van der Waals surface area contributed by atoms with E-state index < -0.39 is 0 Å². The van der Waals surface area contributed by atoms with Crippen molar-refractivity contribution in [1.29, 1.82) is 0 Å². The summed E-state index contributed by atoms with van der Waals surface area (Å²) in [6, 6.07) is 6.21. The molecule has 0 radical (unpaired) electrons. The van der Waals surface area contributed by atoms with Crippen LogP contribution in [0.2, 0.25) is 0 Å². The maximum absolute atomic E-state index is 9.46. The van der Waals surface area contributed by atoms with E-state index in [2.05, 4.69) is 18.7 Å². The molecule has 0 unspecified atom stereocenters. The number of aryl methyl sites for hydroxylation is 1. The molecular weight excluding hydrogens is 198 g/mol. The summed E-state index contributed by atoms with van der Waals surface area (Å²) < 4.78 is 0. The Bertz CT molecular complexity index is 334. The topological polar surface area (TPSA) is 23.5 Å². The van der Waals surface area contributed by atoms with Crippen molar-refractivity contribution in [3.05, 3.63) is 23.8 Å². The van der Waals surface area contributed by atoms with Gasteiger partial charge in [-0.15, -0.1) is 0 Å². The van der Waals surface area contributed by atoms with Gasteiger partial charge in [0, 0.05) is 24.3 Å². The Morgan fingerprint density at radius 1 is 1.25 bits per heavy atom. The standard InChI is InChI=1S/C12H17NO.C2H6/c1-9(2)13-7-3-4-10-5-6-11(14)8-12(10)13;1-2/h5-6,8-9,14H,3-4,7H2,1-2H3;1-2H3. The van der Waals surface area contributed by atoms with Gasteiger partial charge in [0.2, 0.25) is 0 Å². The fourth-order valence-corrected chi connectivity index (χ4v) is 2.13. The predicted molar refractivity (Wildman–Crippen MR) is 70.3 cm³/mol. The van der Waals surface area contributed by atoms with E-state index in [4.69, 9.17) is 0 Å². The highest BCUT2D eigenvalue weighted by molar-refractivity contribution is 5.59. The Morgan fingerprint density at radius 2 is 1.94 bits per heavy atom. The van der Waals surface area contributed by atoms with Gasteiger partial charge in [-0.1, -0.05) is 19.9 Å². The quantitative estimate of drug-likeness (QED) is 0.783. The second-order valence-corrected chi connectivity index (χ2v) is 4.20. The molecule has 1 aromatic carbocycles. The second kappa shape index (κ2) is 5.78. The highest BCUT2D eigenvalue weighted by Gasteiger charge is 2.18. The van der Waals surface area contributed by atoms with Gasteiger partial charge in [0.1, 0.15) is 5.75 Å². The number of rotatable bonds is 1. The van der Waals surface area contributed by atoms with Crippen LogP contribution in [0.15, 0.2) is 18.2 Å². The number of phenolic OH excluding ortho intramolecular Hbond substituents is 1. The largest absolute Gasteiger partial charge is 0.508 e. The van der Waals surface area contributed by atoms with Gasteiger partial charge in [-0.25, -0.2) is 0 Å². The van der Waals surface area contributed by atoms with E-state index in [9.17, 15) is 5.11 Å². The van der Waals surface area contributed by atoms with Crippen molar-refractivity contribution in [2.45, 2.75) is 46.6 Å². The first kappa shape index (κ1) is 12.9. The van der Waals surface area contributed by atoms with E-state index in [0.717, 1.165) is 13.0 Å². The number of hydrogen-bond donors (Lipinski definition) is 1. The molecule has 0 aliphatic carbocycles. The van der Waals surface area contributed by atoms with Crippen LogP contribution in [0.4, 0.5) is 5.69 Å². The first-order valence-electron chi connectivity index (χ1n) is 6.27. The van der Waals surface area contributed by atoms with Crippen molar-refractivity contribution in [2.24, 2.45) is 0 Å². The van der Waals surface area contributed by atoms with Crippen molar-refractivity contribution in [3.8, 4) is 5.75 Å². The predicted octanol–water partition coefficient (Wildman–Crippen LogP) is 3.58. The van der Waals surface area contributed by atoms with Crippen LogP contribution < -0.4 is 4.90 Å². The summed E-state index contributed by atoms with van der Waals surface area (Å²) in [7, 11) is 0. The Kier molecular flexibility index (Phi) is 4.66. The van der Waals surface area contributed by atoms with Crippen LogP contribution in [-0.2, 0) is 6.42 Å². The van der Waals surface area contributed by atoms with E-state index in [1.54, 1.807) is 6.07 Å². The Labute approximate surface area is 98.9 Å². The lowest BCUT2D eigenvalue weighted by Gasteiger charge is -2.34. The fourth-order valence-electron chi connectivity index (χ4n) is 2.13. The van der Waals surface area contributed by atoms with E-state index in [1.807, 2.05) is 26.0 Å². The number of phenols is 1. The van der Waals surface area contributed by atoms with Gasteiger partial charge in [-0.3, -0.25) is 0 Å². The summed E-state index contributed by atoms with van der Waals surface area (Å²) in [6.45, 7) is 9.49. The van der Waals surface area contributed by atoms with E-state index in [0.29, 0.717) is 11.8 Å². The summed E-state index contributed by atoms with van der Waals surface area (Å²) in [4.78, 5) is 2.36. The smallest absolute Gasteiger partial charge is 0.117 e. The van der Waals surface area contributed by atoms with Crippen LogP contribution in [0.1, 0.15) is 39.7 Å². The summed E-state index contributed by atoms with van der Waals surface area (Å²) in [6.07, 6.45) is 2.36. The Hall–Kier alpha value is -1.18. The van der Waals surface area contributed by atoms with Crippen LogP contribution in [0.25, 0.3) is 0 Å². The molecule has 1 aliphatic heterocycles. The fraction of sp³-hybridized carbons (Fsp3) is 0.571. The molecule has 0 atom stereocenters. The van der Waals surface area contributed by atoms with Gasteiger partial charge >= 0.3 is 0 Å². The van der Waals surface area contributed by atoms with E-state index >= 15 is 0 Å². The first-order chi connectivity index (χ1) is 7.68. The molecule has 1 N–H and O–H groups in total. The van der Waals surface area contributed by atoms with E-state index in [1.165, 1.54) is 17.7 Å². The van der Waals surface area contributed by atoms with Crippen LogP contribution in [0.3, 0.4) is 0 Å². The lowest BCUT2D eigenvalue weighted by molar-refractivity contribution is 0.474. The average molecular weight is 221 g/mol. The van der Waals surface area contributed by atoms with Crippen molar-refractivity contribution in [2.75, 3.05) is 11.4 Å². The zero-order valence-electron chi connectivity index (χ0n) is 10.8. The monoisotopic (exact) mass is 221 g/mol. The second-order valence-electron chi connectivity index (χ2n) is 4.20. The summed E-state index contributed by atoms with van der Waals surface area (Å²) in [5.41, 5.74) is 2.58. The lowest BCUT2D eigenvalue weighted by atomic mass is 10.0. The van der Waals surface area contributed by atoms with Crippen LogP contribution in [-0.4, -0.2) is 17.7 Å². The molecule has 16 heavy (non-hydrogen) atoms. The number of aromatic hydroxyl groups is 1. The molecule has 0 fully saturated rings. The Morgan fingerprint density at radius 3 is 2.56 bits per heavy atom. The normalized spacial score (nSPS) is 14.2. The maximum atomic E-state index is 9.46. The first-order valence-corrected chi connectivity index (χ1v) is 6.27. The molecular formula is C14H23NO. The number of hydrogen-bond acceptors (Lipinski definition) is 2. The minimum absolute atomic E-state index is 0.372. The number of nitrogens with zero attached hydrogens (tertiary/aromatic N) is 1. The molecule has 0 spiro atoms. The third kappa shape index (κ3) is 2.69. The lowest BCUT2D eigenvalue weighted by Crippen LogP contribution is -2.35. The van der Waals surface area contributed by atoms with E-state index in [-0.39, 0.29) is 0 Å². The molecule has 0 bridgehead atoms. The zero-order valence-corrected chi connectivity index (χ0v) is 10.8. The van der Waals surface area contributed by atoms with Gasteiger partial charge in [0.25, 0.3) is 0 Å². The van der Waals surface area contributed by atoms with Crippen LogP contribution in [0, 0.1) is 0 Å². The molecule has 0 saturated carbocycles. The maximum Gasteiger partial charge on any atom is 0.117 e. The molecule has 1 aliphatic rings. The van der Waals surface area contributed by atoms with Gasteiger partial charge < -0.3 is 10.0 Å². The van der Waals surface area contributed by atoms with Crippen molar-refractivity contribution in [3.63, 3.8) is 0 Å². The highest BCUT2D eigenvalue weighted by Crippen LogP contribution is 2.31. The molecule has 2 heteroatoms. The summed E-state index contributed by atoms with van der Waals surface area (Å²) >= 11 is 0. The number of anilines is 1. The zero-order chi connectivity index (χ0) is 12.1. The third-order valence-electron chi connectivity index (χ3n) is 2.85. The summed E-state index contributed by atoms with van der Waals surface area (Å²) in [5.74, 6) is 0.372. The average Bonchev–Trinajstić information content (AvgIpc) is 2.30. The molecule has 0 amide bonds. The minimum atomic E-state index is 0.372. The van der Waals surface area contributed by atoms with Crippen LogP contribution in [0.5, 0.6) is 5.75 Å². The molecule has 1 heterocycles. The molecule has 90 valence electrons. The molecule has 2 nitrogen and oxygen atoms in total. The molecule has 2 rings (SSSR count). The summed E-state index contributed by atoms with van der Waals surface area (Å²) in [5, 5.41) is 9.46. The SMILES string of the molecule is CC.CC(C)N1CCCc2ccc(O)cc21. The van der Waals surface area contributed by atoms with Crippen LogP contribution >= 0.6 is 0 Å². The highest BCUT2D eigenvalue weighted by atomic mass is 16.3. The van der Waals surface area contributed by atoms with Gasteiger partial charge in [0.05, 0.1) is 0 Å². The minimum Gasteiger partial charge on any atom is -0.508 e. The number of fused-ring (bicyclic) bond motifs is 1.